The number of hydrogen-bond acceptors (Lipinski definition) is 5. The fourth-order valence-corrected chi connectivity index (χ4v) is 4.60. The number of sulfonamides is 1. The van der Waals surface area contributed by atoms with Gasteiger partial charge in [0.2, 0.25) is 15.9 Å². The molecular formula is C16H27N3O4S. The molecule has 136 valence electrons. The molecule has 1 fully saturated rings. The third-order valence-corrected chi connectivity index (χ3v) is 6.53. The average Bonchev–Trinajstić information content (AvgIpc) is 2.84. The molecule has 0 atom stereocenters. The minimum Gasteiger partial charge on any atom is -0.361 e. The van der Waals surface area contributed by atoms with Crippen molar-refractivity contribution in [3.63, 3.8) is 0 Å². The molecule has 1 aliphatic heterocycles. The number of aryl methyl sites for hydroxylation is 2. The summed E-state index contributed by atoms with van der Waals surface area (Å²) in [5, 5.41) is 6.90. The first-order chi connectivity index (χ1) is 11.3. The number of aromatic nitrogens is 1. The molecule has 2 heterocycles. The molecule has 0 aliphatic carbocycles. The van der Waals surface area contributed by atoms with Crippen LogP contribution in [-0.2, 0) is 21.2 Å². The SMILES string of the molecule is CCCS(=O)(=O)N1CCC(NC(=O)CCc2c(C)noc2C)CC1. The lowest BCUT2D eigenvalue weighted by atomic mass is 10.1. The summed E-state index contributed by atoms with van der Waals surface area (Å²) in [4.78, 5) is 12.1. The Balaban J connectivity index is 1.76. The highest BCUT2D eigenvalue weighted by molar-refractivity contribution is 7.89. The van der Waals surface area contributed by atoms with E-state index in [0.717, 1.165) is 17.0 Å². The van der Waals surface area contributed by atoms with Gasteiger partial charge in [-0.1, -0.05) is 12.1 Å². The van der Waals surface area contributed by atoms with E-state index in [1.165, 1.54) is 0 Å². The van der Waals surface area contributed by atoms with Gasteiger partial charge in [0.25, 0.3) is 0 Å². The molecule has 0 bridgehead atoms. The summed E-state index contributed by atoms with van der Waals surface area (Å²) >= 11 is 0. The van der Waals surface area contributed by atoms with Crippen molar-refractivity contribution in [1.29, 1.82) is 0 Å². The normalized spacial score (nSPS) is 17.1. The Morgan fingerprint density at radius 1 is 1.33 bits per heavy atom. The molecule has 0 saturated carbocycles. The van der Waals surface area contributed by atoms with Gasteiger partial charge in [-0.25, -0.2) is 12.7 Å². The molecule has 1 aromatic rings. The molecule has 1 amide bonds. The number of amides is 1. The lowest BCUT2D eigenvalue weighted by molar-refractivity contribution is -0.122. The van der Waals surface area contributed by atoms with Gasteiger partial charge in [-0.2, -0.15) is 0 Å². The number of rotatable bonds is 7. The van der Waals surface area contributed by atoms with Gasteiger partial charge in [-0.15, -0.1) is 0 Å². The summed E-state index contributed by atoms with van der Waals surface area (Å²) in [6.07, 6.45) is 2.95. The maximum atomic E-state index is 12.1. The lowest BCUT2D eigenvalue weighted by Gasteiger charge is -2.31. The van der Waals surface area contributed by atoms with Crippen molar-refractivity contribution in [3.8, 4) is 0 Å². The number of carbonyl (C=O) groups excluding carboxylic acids is 1. The molecule has 0 spiro atoms. The minimum absolute atomic E-state index is 0.00938. The van der Waals surface area contributed by atoms with E-state index >= 15 is 0 Å². The molecule has 0 aromatic carbocycles. The first-order valence-corrected chi connectivity index (χ1v) is 10.1. The molecule has 1 aliphatic rings. The van der Waals surface area contributed by atoms with Crippen LogP contribution in [0.1, 0.15) is 49.6 Å². The van der Waals surface area contributed by atoms with Crippen molar-refractivity contribution >= 4 is 15.9 Å². The molecule has 8 heteroatoms. The van der Waals surface area contributed by atoms with Gasteiger partial charge in [0, 0.05) is 31.1 Å². The third kappa shape index (κ3) is 4.80. The van der Waals surface area contributed by atoms with Crippen LogP contribution in [-0.4, -0.2) is 48.7 Å². The average molecular weight is 357 g/mol. The molecule has 7 nitrogen and oxygen atoms in total. The molecule has 24 heavy (non-hydrogen) atoms. The minimum atomic E-state index is -3.13. The first-order valence-electron chi connectivity index (χ1n) is 8.52. The number of carbonyl (C=O) groups is 1. The van der Waals surface area contributed by atoms with Gasteiger partial charge in [0.15, 0.2) is 0 Å². The highest BCUT2D eigenvalue weighted by atomic mass is 32.2. The summed E-state index contributed by atoms with van der Waals surface area (Å²) in [5.41, 5.74) is 1.82. The number of nitrogens with one attached hydrogen (secondary N) is 1. The van der Waals surface area contributed by atoms with Crippen LogP contribution in [0.2, 0.25) is 0 Å². The summed E-state index contributed by atoms with van der Waals surface area (Å²) in [6.45, 7) is 6.55. The van der Waals surface area contributed by atoms with Crippen LogP contribution in [0.15, 0.2) is 4.52 Å². The largest absolute Gasteiger partial charge is 0.361 e. The molecule has 0 radical (unpaired) electrons. The van der Waals surface area contributed by atoms with Crippen LogP contribution in [0.5, 0.6) is 0 Å². The second-order valence-corrected chi connectivity index (χ2v) is 8.45. The Morgan fingerprint density at radius 2 is 2.00 bits per heavy atom. The monoisotopic (exact) mass is 357 g/mol. The van der Waals surface area contributed by atoms with E-state index in [2.05, 4.69) is 10.5 Å². The van der Waals surface area contributed by atoms with Crippen molar-refractivity contribution < 1.29 is 17.7 Å². The quantitative estimate of drug-likeness (QED) is 0.799. The van der Waals surface area contributed by atoms with Gasteiger partial charge >= 0.3 is 0 Å². The highest BCUT2D eigenvalue weighted by Crippen LogP contribution is 2.17. The lowest BCUT2D eigenvalue weighted by Crippen LogP contribution is -2.47. The van der Waals surface area contributed by atoms with E-state index in [1.807, 2.05) is 20.8 Å². The Hall–Kier alpha value is -1.41. The Morgan fingerprint density at radius 3 is 2.54 bits per heavy atom. The zero-order valence-electron chi connectivity index (χ0n) is 14.7. The van der Waals surface area contributed by atoms with Crippen LogP contribution in [0.25, 0.3) is 0 Å². The summed E-state index contributed by atoms with van der Waals surface area (Å²) < 4.78 is 30.7. The van der Waals surface area contributed by atoms with E-state index in [9.17, 15) is 13.2 Å². The van der Waals surface area contributed by atoms with Crippen molar-refractivity contribution in [2.45, 2.75) is 58.9 Å². The molecular weight excluding hydrogens is 330 g/mol. The van der Waals surface area contributed by atoms with E-state index in [4.69, 9.17) is 4.52 Å². The fourth-order valence-electron chi connectivity index (χ4n) is 3.06. The molecule has 0 unspecified atom stereocenters. The smallest absolute Gasteiger partial charge is 0.220 e. The maximum Gasteiger partial charge on any atom is 0.220 e. The van der Waals surface area contributed by atoms with Crippen LogP contribution < -0.4 is 5.32 Å². The predicted molar refractivity (Wildman–Crippen MR) is 91.1 cm³/mol. The molecule has 2 rings (SSSR count). The van der Waals surface area contributed by atoms with E-state index in [0.29, 0.717) is 45.2 Å². The zero-order valence-corrected chi connectivity index (χ0v) is 15.5. The van der Waals surface area contributed by atoms with Crippen LogP contribution in [0.4, 0.5) is 0 Å². The van der Waals surface area contributed by atoms with Crippen LogP contribution >= 0.6 is 0 Å². The molecule has 1 saturated heterocycles. The maximum absolute atomic E-state index is 12.1. The van der Waals surface area contributed by atoms with E-state index in [-0.39, 0.29) is 17.7 Å². The van der Waals surface area contributed by atoms with Crippen LogP contribution in [0.3, 0.4) is 0 Å². The predicted octanol–water partition coefficient (Wildman–Crippen LogP) is 1.54. The van der Waals surface area contributed by atoms with Gasteiger partial charge in [0.05, 0.1) is 11.4 Å². The van der Waals surface area contributed by atoms with E-state index < -0.39 is 10.0 Å². The zero-order chi connectivity index (χ0) is 17.7. The Kier molecular flexibility index (Phi) is 6.40. The summed E-state index contributed by atoms with van der Waals surface area (Å²) in [7, 11) is -3.13. The Labute approximate surface area is 143 Å². The van der Waals surface area contributed by atoms with Crippen molar-refractivity contribution in [1.82, 2.24) is 14.8 Å². The van der Waals surface area contributed by atoms with E-state index in [1.54, 1.807) is 4.31 Å². The van der Waals surface area contributed by atoms with Crippen LogP contribution in [0, 0.1) is 13.8 Å². The van der Waals surface area contributed by atoms with Crippen molar-refractivity contribution in [3.05, 3.63) is 17.0 Å². The number of nitrogens with zero attached hydrogens (tertiary/aromatic N) is 2. The standard InChI is InChI=1S/C16H27N3O4S/c1-4-11-24(21,22)19-9-7-14(8-10-19)17-16(20)6-5-15-12(2)18-23-13(15)3/h14H,4-11H2,1-3H3,(H,17,20). The molecule has 1 N–H and O–H groups in total. The van der Waals surface area contributed by atoms with Gasteiger partial charge in [-0.3, -0.25) is 4.79 Å². The van der Waals surface area contributed by atoms with Crippen molar-refractivity contribution in [2.24, 2.45) is 0 Å². The summed E-state index contributed by atoms with van der Waals surface area (Å²) in [6, 6.07) is 0.0512. The number of hydrogen-bond donors (Lipinski definition) is 1. The van der Waals surface area contributed by atoms with Gasteiger partial charge < -0.3 is 9.84 Å². The third-order valence-electron chi connectivity index (χ3n) is 4.46. The number of piperidine rings is 1. The Bertz CT molecular complexity index is 641. The topological polar surface area (TPSA) is 92.5 Å². The van der Waals surface area contributed by atoms with Gasteiger partial charge in [0.1, 0.15) is 5.76 Å². The molecule has 1 aromatic heterocycles. The fraction of sp³-hybridized carbons (Fsp3) is 0.750. The second-order valence-electron chi connectivity index (χ2n) is 6.36. The summed E-state index contributed by atoms with van der Waals surface area (Å²) in [5.74, 6) is 0.946. The first kappa shape index (κ1) is 18.9. The van der Waals surface area contributed by atoms with Crippen molar-refractivity contribution in [2.75, 3.05) is 18.8 Å². The van der Waals surface area contributed by atoms with Gasteiger partial charge in [-0.05, 0) is 39.5 Å². The highest BCUT2D eigenvalue weighted by Gasteiger charge is 2.27. The second kappa shape index (κ2) is 8.11.